The molecule has 4 heteroatoms. The van der Waals surface area contributed by atoms with Gasteiger partial charge in [0.1, 0.15) is 0 Å². The third kappa shape index (κ3) is 1.06. The molecule has 14 heavy (non-hydrogen) atoms. The Hall–Kier alpha value is -0.280. The standard InChI is InChI=1S/C10H14F4/c1-5-6(2)8-3-7(5)4-9(8,11)10(12,13)14/h5-8H,3-4H2,1-2H3. The summed E-state index contributed by atoms with van der Waals surface area (Å²) in [4.78, 5) is 0. The van der Waals surface area contributed by atoms with Crippen LogP contribution in [0.4, 0.5) is 17.6 Å². The van der Waals surface area contributed by atoms with E-state index in [1.165, 1.54) is 0 Å². The molecule has 2 fully saturated rings. The van der Waals surface area contributed by atoms with Gasteiger partial charge in [0, 0.05) is 5.92 Å². The Morgan fingerprint density at radius 3 is 2.07 bits per heavy atom. The first kappa shape index (κ1) is 10.2. The first-order valence-corrected chi connectivity index (χ1v) is 5.03. The summed E-state index contributed by atoms with van der Waals surface area (Å²) in [5.41, 5.74) is -2.90. The molecule has 2 aliphatic carbocycles. The molecule has 0 amide bonds. The van der Waals surface area contributed by atoms with Gasteiger partial charge in [-0.15, -0.1) is 0 Å². The molecule has 82 valence electrons. The predicted molar refractivity (Wildman–Crippen MR) is 44.4 cm³/mol. The van der Waals surface area contributed by atoms with Crippen LogP contribution in [0.5, 0.6) is 0 Å². The van der Waals surface area contributed by atoms with Crippen LogP contribution in [0.2, 0.25) is 0 Å². The average Bonchev–Trinajstić information content (AvgIpc) is 2.50. The van der Waals surface area contributed by atoms with Crippen molar-refractivity contribution in [2.24, 2.45) is 23.7 Å². The van der Waals surface area contributed by atoms with Gasteiger partial charge in [-0.3, -0.25) is 0 Å². The van der Waals surface area contributed by atoms with E-state index in [4.69, 9.17) is 0 Å². The van der Waals surface area contributed by atoms with Crippen LogP contribution < -0.4 is 0 Å². The second-order valence-electron chi connectivity index (χ2n) is 4.88. The normalized spacial score (nSPS) is 52.7. The maximum atomic E-state index is 13.8. The van der Waals surface area contributed by atoms with Gasteiger partial charge in [-0.25, -0.2) is 4.39 Å². The lowest BCUT2D eigenvalue weighted by atomic mass is 9.73. The third-order valence-electron chi connectivity index (χ3n) is 4.38. The van der Waals surface area contributed by atoms with Crippen molar-refractivity contribution in [3.8, 4) is 0 Å². The van der Waals surface area contributed by atoms with Gasteiger partial charge in [-0.1, -0.05) is 13.8 Å². The fourth-order valence-corrected chi connectivity index (χ4v) is 3.28. The number of hydrogen-bond donors (Lipinski definition) is 0. The predicted octanol–water partition coefficient (Wildman–Crippen LogP) is 3.57. The van der Waals surface area contributed by atoms with E-state index in [1.54, 1.807) is 6.92 Å². The molecule has 0 spiro atoms. The van der Waals surface area contributed by atoms with Crippen LogP contribution in [0.25, 0.3) is 0 Å². The van der Waals surface area contributed by atoms with Gasteiger partial charge in [-0.05, 0) is 30.6 Å². The minimum atomic E-state index is -4.68. The van der Waals surface area contributed by atoms with Gasteiger partial charge in [0.05, 0.1) is 0 Å². The molecule has 5 atom stereocenters. The minimum Gasteiger partial charge on any atom is -0.234 e. The van der Waals surface area contributed by atoms with Gasteiger partial charge in [-0.2, -0.15) is 13.2 Å². The first-order valence-electron chi connectivity index (χ1n) is 5.03. The summed E-state index contributed by atoms with van der Waals surface area (Å²) in [6.45, 7) is 3.68. The van der Waals surface area contributed by atoms with E-state index in [2.05, 4.69) is 0 Å². The molecule has 0 aliphatic heterocycles. The molecular formula is C10H14F4. The number of hydrogen-bond acceptors (Lipinski definition) is 0. The lowest BCUT2D eigenvalue weighted by molar-refractivity contribution is -0.253. The van der Waals surface area contributed by atoms with Crippen molar-refractivity contribution in [3.63, 3.8) is 0 Å². The molecule has 2 bridgehead atoms. The van der Waals surface area contributed by atoms with Crippen LogP contribution in [-0.2, 0) is 0 Å². The Morgan fingerprint density at radius 2 is 1.71 bits per heavy atom. The highest BCUT2D eigenvalue weighted by Crippen LogP contribution is 2.63. The van der Waals surface area contributed by atoms with Crippen LogP contribution >= 0.6 is 0 Å². The molecule has 5 unspecified atom stereocenters. The zero-order valence-electron chi connectivity index (χ0n) is 8.24. The van der Waals surface area contributed by atoms with Gasteiger partial charge >= 0.3 is 6.18 Å². The second-order valence-corrected chi connectivity index (χ2v) is 4.88. The van der Waals surface area contributed by atoms with Crippen LogP contribution in [0.1, 0.15) is 26.7 Å². The van der Waals surface area contributed by atoms with Gasteiger partial charge in [0.25, 0.3) is 0 Å². The van der Waals surface area contributed by atoms with E-state index < -0.39 is 17.8 Å². The fourth-order valence-electron chi connectivity index (χ4n) is 3.28. The molecule has 0 aromatic rings. The van der Waals surface area contributed by atoms with Crippen molar-refractivity contribution in [2.45, 2.75) is 38.5 Å². The smallest absolute Gasteiger partial charge is 0.234 e. The van der Waals surface area contributed by atoms with Crippen LogP contribution in [0, 0.1) is 23.7 Å². The molecule has 0 radical (unpaired) electrons. The van der Waals surface area contributed by atoms with Gasteiger partial charge < -0.3 is 0 Å². The Balaban J connectivity index is 2.28. The zero-order valence-corrected chi connectivity index (χ0v) is 8.24. The Bertz CT molecular complexity index is 245. The molecule has 0 heterocycles. The number of rotatable bonds is 0. The molecule has 0 aromatic heterocycles. The largest absolute Gasteiger partial charge is 0.422 e. The van der Waals surface area contributed by atoms with Crippen LogP contribution in [0.3, 0.4) is 0 Å². The summed E-state index contributed by atoms with van der Waals surface area (Å²) < 4.78 is 51.4. The lowest BCUT2D eigenvalue weighted by Gasteiger charge is -2.38. The number of alkyl halides is 4. The molecule has 0 nitrogen and oxygen atoms in total. The summed E-state index contributed by atoms with van der Waals surface area (Å²) >= 11 is 0. The topological polar surface area (TPSA) is 0 Å². The minimum absolute atomic E-state index is 0.0679. The number of halogens is 4. The Labute approximate surface area is 80.7 Å². The van der Waals surface area contributed by atoms with E-state index in [9.17, 15) is 17.6 Å². The van der Waals surface area contributed by atoms with Gasteiger partial charge in [0.15, 0.2) is 0 Å². The molecule has 0 aromatic carbocycles. The van der Waals surface area contributed by atoms with E-state index in [0.29, 0.717) is 6.42 Å². The summed E-state index contributed by atoms with van der Waals surface area (Å²) in [5, 5.41) is 0. The average molecular weight is 210 g/mol. The van der Waals surface area contributed by atoms with E-state index in [1.807, 2.05) is 6.92 Å². The fraction of sp³-hybridized carbons (Fsp3) is 1.00. The first-order chi connectivity index (χ1) is 6.27. The van der Waals surface area contributed by atoms with Crippen LogP contribution in [-0.4, -0.2) is 11.8 Å². The van der Waals surface area contributed by atoms with E-state index in [-0.39, 0.29) is 24.2 Å². The summed E-state index contributed by atoms with van der Waals surface area (Å²) in [5.74, 6) is -0.768. The molecule has 0 saturated heterocycles. The van der Waals surface area contributed by atoms with E-state index >= 15 is 0 Å². The van der Waals surface area contributed by atoms with Crippen molar-refractivity contribution in [2.75, 3.05) is 0 Å². The number of fused-ring (bicyclic) bond motifs is 2. The molecule has 2 rings (SSSR count). The molecule has 2 aliphatic rings. The monoisotopic (exact) mass is 210 g/mol. The van der Waals surface area contributed by atoms with Crippen molar-refractivity contribution >= 4 is 0 Å². The van der Waals surface area contributed by atoms with Crippen molar-refractivity contribution in [3.05, 3.63) is 0 Å². The van der Waals surface area contributed by atoms with E-state index in [0.717, 1.165) is 0 Å². The quantitative estimate of drug-likeness (QED) is 0.536. The third-order valence-corrected chi connectivity index (χ3v) is 4.38. The van der Waals surface area contributed by atoms with Gasteiger partial charge in [0.2, 0.25) is 5.67 Å². The highest BCUT2D eigenvalue weighted by Gasteiger charge is 2.69. The lowest BCUT2D eigenvalue weighted by Crippen LogP contribution is -2.49. The Morgan fingerprint density at radius 1 is 1.14 bits per heavy atom. The van der Waals surface area contributed by atoms with Crippen molar-refractivity contribution in [1.82, 2.24) is 0 Å². The molecular weight excluding hydrogens is 196 g/mol. The summed E-state index contributed by atoms with van der Waals surface area (Å²) in [6.07, 6.45) is -4.58. The summed E-state index contributed by atoms with van der Waals surface area (Å²) in [6, 6.07) is 0. The molecule has 0 N–H and O–H groups in total. The second kappa shape index (κ2) is 2.64. The molecule has 2 saturated carbocycles. The van der Waals surface area contributed by atoms with Crippen molar-refractivity contribution in [1.29, 1.82) is 0 Å². The zero-order chi connectivity index (χ0) is 10.7. The highest BCUT2D eigenvalue weighted by atomic mass is 19.4. The maximum Gasteiger partial charge on any atom is 0.422 e. The highest BCUT2D eigenvalue weighted by molar-refractivity contribution is 5.09. The Kier molecular flexibility index (Phi) is 1.93. The maximum absolute atomic E-state index is 13.8. The SMILES string of the molecule is CC1C2CC(C1C)C(F)(C(F)(F)F)C2. The summed E-state index contributed by atoms with van der Waals surface area (Å²) in [7, 11) is 0. The van der Waals surface area contributed by atoms with Crippen molar-refractivity contribution < 1.29 is 17.6 Å². The van der Waals surface area contributed by atoms with Crippen LogP contribution in [0.15, 0.2) is 0 Å².